The van der Waals surface area contributed by atoms with Crippen molar-refractivity contribution in [3.63, 3.8) is 0 Å². The molecule has 0 N–H and O–H groups in total. The average Bonchev–Trinajstić information content (AvgIpc) is 2.42. The fourth-order valence-electron chi connectivity index (χ4n) is 1.90. The van der Waals surface area contributed by atoms with Crippen molar-refractivity contribution in [1.29, 1.82) is 0 Å². The van der Waals surface area contributed by atoms with Crippen LogP contribution in [0.2, 0.25) is 0 Å². The Morgan fingerprint density at radius 1 is 0.667 bits per heavy atom. The van der Waals surface area contributed by atoms with Crippen LogP contribution < -0.4 is 5.32 Å². The number of rotatable bonds is 14. The summed E-state index contributed by atoms with van der Waals surface area (Å²) in [4.78, 5) is 21.1. The zero-order valence-corrected chi connectivity index (χ0v) is 13.6. The first-order valence-corrected chi connectivity index (χ1v) is 8.03. The first kappa shape index (κ1) is 19.9. The SMILES string of the molecule is CC(=O)OCCCCCC[N]CCCCCCOC(C)=O. The van der Waals surface area contributed by atoms with Crippen LogP contribution in [0.25, 0.3) is 0 Å². The Balaban J connectivity index is 2.99. The predicted octanol–water partition coefficient (Wildman–Crippen LogP) is 2.84. The Bertz CT molecular complexity index is 243. The Hall–Kier alpha value is -1.10. The molecule has 0 heterocycles. The monoisotopic (exact) mass is 300 g/mol. The lowest BCUT2D eigenvalue weighted by Crippen LogP contribution is -2.08. The third-order valence-electron chi connectivity index (χ3n) is 3.03. The third-order valence-corrected chi connectivity index (χ3v) is 3.03. The summed E-state index contributed by atoms with van der Waals surface area (Å²) in [6.45, 7) is 5.83. The van der Waals surface area contributed by atoms with Gasteiger partial charge in [-0.25, -0.2) is 5.32 Å². The largest absolute Gasteiger partial charge is 0.466 e. The number of carbonyl (C=O) groups excluding carboxylic acids is 2. The number of unbranched alkanes of at least 4 members (excludes halogenated alkanes) is 6. The van der Waals surface area contributed by atoms with E-state index in [1.54, 1.807) is 0 Å². The van der Waals surface area contributed by atoms with Crippen LogP contribution in [0.3, 0.4) is 0 Å². The van der Waals surface area contributed by atoms with Crippen LogP contribution in [-0.4, -0.2) is 38.2 Å². The lowest BCUT2D eigenvalue weighted by atomic mass is 10.2. The molecule has 0 spiro atoms. The minimum Gasteiger partial charge on any atom is -0.466 e. The standard InChI is InChI=1S/C16H30NO4/c1-15(18)20-13-9-5-3-7-11-17-12-8-4-6-10-14-21-16(2)19/h3-14H2,1-2H3. The van der Waals surface area contributed by atoms with Gasteiger partial charge in [0.25, 0.3) is 0 Å². The van der Waals surface area contributed by atoms with E-state index in [0.717, 1.165) is 64.5 Å². The molecule has 0 bridgehead atoms. The van der Waals surface area contributed by atoms with E-state index in [1.807, 2.05) is 0 Å². The summed E-state index contributed by atoms with van der Waals surface area (Å²) in [5, 5.41) is 4.49. The van der Waals surface area contributed by atoms with E-state index in [4.69, 9.17) is 9.47 Å². The smallest absolute Gasteiger partial charge is 0.302 e. The summed E-state index contributed by atoms with van der Waals surface area (Å²) < 4.78 is 9.73. The molecule has 0 fully saturated rings. The Morgan fingerprint density at radius 2 is 1.05 bits per heavy atom. The summed E-state index contributed by atoms with van der Waals surface area (Å²) in [6.07, 6.45) is 8.61. The molecule has 0 saturated carbocycles. The second-order valence-corrected chi connectivity index (χ2v) is 5.18. The number of hydrogen-bond donors (Lipinski definition) is 0. The minimum atomic E-state index is -0.196. The number of ether oxygens (including phenoxy) is 2. The summed E-state index contributed by atoms with van der Waals surface area (Å²) in [5.41, 5.74) is 0. The summed E-state index contributed by atoms with van der Waals surface area (Å²) in [7, 11) is 0. The number of esters is 2. The fourth-order valence-corrected chi connectivity index (χ4v) is 1.90. The number of carbonyl (C=O) groups is 2. The molecule has 0 amide bonds. The van der Waals surface area contributed by atoms with Gasteiger partial charge in [-0.05, 0) is 25.7 Å². The lowest BCUT2D eigenvalue weighted by Gasteiger charge is -2.04. The zero-order chi connectivity index (χ0) is 15.8. The average molecular weight is 300 g/mol. The van der Waals surface area contributed by atoms with Crippen molar-refractivity contribution >= 4 is 11.9 Å². The quantitative estimate of drug-likeness (QED) is 0.365. The maximum absolute atomic E-state index is 10.5. The first-order valence-electron chi connectivity index (χ1n) is 8.03. The Morgan fingerprint density at radius 3 is 1.43 bits per heavy atom. The molecule has 0 atom stereocenters. The van der Waals surface area contributed by atoms with Gasteiger partial charge >= 0.3 is 11.9 Å². The normalized spacial score (nSPS) is 10.4. The van der Waals surface area contributed by atoms with Crippen LogP contribution in [0.15, 0.2) is 0 Å². The highest BCUT2D eigenvalue weighted by molar-refractivity contribution is 5.66. The third kappa shape index (κ3) is 18.9. The molecule has 0 aliphatic heterocycles. The van der Waals surface area contributed by atoms with Gasteiger partial charge in [-0.15, -0.1) is 0 Å². The molecule has 0 aliphatic carbocycles. The first-order chi connectivity index (χ1) is 10.1. The van der Waals surface area contributed by atoms with Gasteiger partial charge < -0.3 is 9.47 Å². The van der Waals surface area contributed by atoms with E-state index in [9.17, 15) is 9.59 Å². The van der Waals surface area contributed by atoms with Crippen molar-refractivity contribution < 1.29 is 19.1 Å². The molecule has 0 saturated heterocycles. The van der Waals surface area contributed by atoms with Crippen molar-refractivity contribution in [1.82, 2.24) is 5.32 Å². The highest BCUT2D eigenvalue weighted by atomic mass is 16.5. The van der Waals surface area contributed by atoms with Gasteiger partial charge in [-0.3, -0.25) is 9.59 Å². The predicted molar refractivity (Wildman–Crippen MR) is 82.1 cm³/mol. The van der Waals surface area contributed by atoms with Gasteiger partial charge in [0, 0.05) is 26.9 Å². The van der Waals surface area contributed by atoms with Crippen molar-refractivity contribution in [3.05, 3.63) is 0 Å². The van der Waals surface area contributed by atoms with E-state index in [1.165, 1.54) is 13.8 Å². The van der Waals surface area contributed by atoms with Crippen LogP contribution in [-0.2, 0) is 19.1 Å². The maximum Gasteiger partial charge on any atom is 0.302 e. The molecule has 0 aromatic heterocycles. The van der Waals surface area contributed by atoms with Gasteiger partial charge in [-0.2, -0.15) is 0 Å². The number of hydrogen-bond acceptors (Lipinski definition) is 4. The van der Waals surface area contributed by atoms with Crippen molar-refractivity contribution in [2.24, 2.45) is 0 Å². The molecular weight excluding hydrogens is 270 g/mol. The second kappa shape index (κ2) is 15.3. The van der Waals surface area contributed by atoms with E-state index in [2.05, 4.69) is 5.32 Å². The van der Waals surface area contributed by atoms with Gasteiger partial charge in [-0.1, -0.05) is 25.7 Å². The molecule has 5 heteroatoms. The summed E-state index contributed by atoms with van der Waals surface area (Å²) in [6, 6.07) is 0. The van der Waals surface area contributed by atoms with E-state index in [0.29, 0.717) is 13.2 Å². The zero-order valence-electron chi connectivity index (χ0n) is 13.6. The van der Waals surface area contributed by atoms with Crippen LogP contribution in [0, 0.1) is 0 Å². The fraction of sp³-hybridized carbons (Fsp3) is 0.875. The maximum atomic E-state index is 10.5. The highest BCUT2D eigenvalue weighted by Crippen LogP contribution is 2.02. The van der Waals surface area contributed by atoms with E-state index < -0.39 is 0 Å². The molecule has 0 unspecified atom stereocenters. The van der Waals surface area contributed by atoms with Crippen LogP contribution >= 0.6 is 0 Å². The number of nitrogens with zero attached hydrogens (tertiary/aromatic N) is 1. The molecule has 5 nitrogen and oxygen atoms in total. The molecule has 0 rings (SSSR count). The molecule has 0 aromatic rings. The minimum absolute atomic E-state index is 0.196. The molecule has 1 radical (unpaired) electrons. The van der Waals surface area contributed by atoms with Gasteiger partial charge in [0.15, 0.2) is 0 Å². The van der Waals surface area contributed by atoms with Crippen molar-refractivity contribution in [2.45, 2.75) is 65.2 Å². The summed E-state index contributed by atoms with van der Waals surface area (Å²) >= 11 is 0. The molecule has 0 aliphatic rings. The Kier molecular flexibility index (Phi) is 14.5. The lowest BCUT2D eigenvalue weighted by molar-refractivity contribution is -0.142. The van der Waals surface area contributed by atoms with Gasteiger partial charge in [0.1, 0.15) is 0 Å². The van der Waals surface area contributed by atoms with Gasteiger partial charge in [0.2, 0.25) is 0 Å². The molecule has 123 valence electrons. The van der Waals surface area contributed by atoms with Crippen LogP contribution in [0.1, 0.15) is 65.2 Å². The molecular formula is C16H30NO4. The topological polar surface area (TPSA) is 66.7 Å². The molecule has 0 aromatic carbocycles. The van der Waals surface area contributed by atoms with Crippen molar-refractivity contribution in [2.75, 3.05) is 26.3 Å². The summed E-state index contributed by atoms with van der Waals surface area (Å²) in [5.74, 6) is -0.393. The van der Waals surface area contributed by atoms with Crippen molar-refractivity contribution in [3.8, 4) is 0 Å². The highest BCUT2D eigenvalue weighted by Gasteiger charge is 1.96. The van der Waals surface area contributed by atoms with E-state index in [-0.39, 0.29) is 11.9 Å². The second-order valence-electron chi connectivity index (χ2n) is 5.18. The van der Waals surface area contributed by atoms with E-state index >= 15 is 0 Å². The van der Waals surface area contributed by atoms with Gasteiger partial charge in [0.05, 0.1) is 13.2 Å². The Labute approximate surface area is 128 Å². The molecule has 21 heavy (non-hydrogen) atoms. The van der Waals surface area contributed by atoms with Crippen LogP contribution in [0.4, 0.5) is 0 Å². The van der Waals surface area contributed by atoms with Crippen LogP contribution in [0.5, 0.6) is 0 Å².